The molecule has 3 aromatic rings. The minimum absolute atomic E-state index is 0.0114. The average molecular weight is 1440 g/mol. The van der Waals surface area contributed by atoms with Gasteiger partial charge in [-0.25, -0.2) is 4.98 Å². The quantitative estimate of drug-likeness (QED) is 0.0162. The molecule has 14 amide bonds. The van der Waals surface area contributed by atoms with E-state index in [1.165, 1.54) is 19.4 Å². The van der Waals surface area contributed by atoms with Crippen molar-refractivity contribution in [2.24, 2.45) is 44.4 Å². The molecule has 2 heterocycles. The fourth-order valence-corrected chi connectivity index (χ4v) is 11.1. The van der Waals surface area contributed by atoms with E-state index in [2.05, 4.69) is 83.8 Å². The van der Waals surface area contributed by atoms with Crippen LogP contribution in [0.15, 0.2) is 65.0 Å². The third-order valence-corrected chi connectivity index (χ3v) is 16.4. The van der Waals surface area contributed by atoms with E-state index in [1.54, 1.807) is 42.5 Å². The van der Waals surface area contributed by atoms with Gasteiger partial charge in [-0.3, -0.25) is 77.1 Å². The number of imidazole rings is 1. The molecule has 4 rings (SSSR count). The molecule has 0 aliphatic carbocycles. The summed E-state index contributed by atoms with van der Waals surface area (Å²) in [6.45, 7) is 4.12. The molecule has 39 heteroatoms. The van der Waals surface area contributed by atoms with Gasteiger partial charge < -0.3 is 113 Å². The van der Waals surface area contributed by atoms with E-state index in [4.69, 9.17) is 34.4 Å². The maximum atomic E-state index is 15.1. The molecule has 0 spiro atoms. The standard InChI is InChI=1S/C62H94N22O16S/c1-31(85)49-59(99)81-44(24-36-14-9-13-35-12-5-6-15-38(35)36)56(96)77-40(17-10-22-71-61(65)66)52(92)76-39(54(94)80-43(51(64)91)25-37-27-69-29-73-37)16-7-8-21-70-48(90)26-45(75-34(4)88)57(97)84-50(32(2)86)60(100)82-46(28-101-30-74-33(3)87)58(98)78-41(18-11-23-72-62(67)68)53(93)79-42(55(95)83-49)19-20-47(63)89/h5-6,9,12-15,27,29,31-32,39-46,49-50,85-86H,7-8,10-11,16-26,28,30H2,1-4H3,(H2,63,89)(H2,64,91)(H,69,73)(H,70,90)(H,74,87)(H,75,88)(H,76,92)(H,77,96)(H,78,98)(H,79,93)(H,80,94)(H,81,99)(H,82,100)(H,83,95)(H,84,97)(H4,65,66,71)(H4,67,68,72)/t31-,32-,39+,40-,41-,42+,43?,44+,45-,46+,49+,50+/m1/s1. The molecule has 1 unspecified atom stereocenters. The van der Waals surface area contributed by atoms with Crippen LogP contribution < -0.4 is 98.2 Å². The maximum Gasteiger partial charge on any atom is 0.245 e. The largest absolute Gasteiger partial charge is 0.391 e. The number of carbonyl (C=O) groups is 14. The zero-order valence-electron chi connectivity index (χ0n) is 56.5. The van der Waals surface area contributed by atoms with Crippen LogP contribution >= 0.6 is 11.8 Å². The van der Waals surface area contributed by atoms with Crippen LogP contribution in [0.5, 0.6) is 0 Å². The van der Waals surface area contributed by atoms with Crippen LogP contribution in [-0.4, -0.2) is 219 Å². The second-order valence-electron chi connectivity index (χ2n) is 23.9. The lowest BCUT2D eigenvalue weighted by molar-refractivity contribution is -0.137. The van der Waals surface area contributed by atoms with Gasteiger partial charge in [-0.2, -0.15) is 0 Å². The van der Waals surface area contributed by atoms with Crippen molar-refractivity contribution in [3.8, 4) is 0 Å². The van der Waals surface area contributed by atoms with Crippen LogP contribution in [0.2, 0.25) is 0 Å². The van der Waals surface area contributed by atoms with E-state index in [0.29, 0.717) is 16.6 Å². The van der Waals surface area contributed by atoms with Crippen LogP contribution in [-0.2, 0) is 80.0 Å². The van der Waals surface area contributed by atoms with Gasteiger partial charge in [0.1, 0.15) is 60.4 Å². The first-order chi connectivity index (χ1) is 47.8. The van der Waals surface area contributed by atoms with Crippen LogP contribution in [0.4, 0.5) is 0 Å². The summed E-state index contributed by atoms with van der Waals surface area (Å²) in [7, 11) is 0. The number of fused-ring (bicyclic) bond motifs is 1. The Morgan fingerprint density at radius 2 is 1.17 bits per heavy atom. The normalized spacial score (nSPS) is 22.4. The lowest BCUT2D eigenvalue weighted by atomic mass is 9.97. The van der Waals surface area contributed by atoms with E-state index in [1.807, 2.05) is 0 Å². The number of primary amides is 2. The van der Waals surface area contributed by atoms with E-state index < -0.39 is 175 Å². The molecular weight excluding hydrogens is 1340 g/mol. The summed E-state index contributed by atoms with van der Waals surface area (Å²) in [6.07, 6.45) is -3.88. The fourth-order valence-electron chi connectivity index (χ4n) is 10.2. The number of nitrogens with zero attached hydrogens (tertiary/aromatic N) is 3. The molecule has 554 valence electrons. The summed E-state index contributed by atoms with van der Waals surface area (Å²) >= 11 is 0.906. The molecule has 101 heavy (non-hydrogen) atoms. The Hall–Kier alpha value is -10.7. The number of benzene rings is 2. The van der Waals surface area contributed by atoms with Crippen molar-refractivity contribution >= 4 is 117 Å². The molecule has 27 N–H and O–H groups in total. The second-order valence-corrected chi connectivity index (χ2v) is 24.9. The highest BCUT2D eigenvalue weighted by atomic mass is 32.2. The minimum Gasteiger partial charge on any atom is -0.391 e. The Kier molecular flexibility index (Phi) is 34.6. The van der Waals surface area contributed by atoms with E-state index in [9.17, 15) is 72.5 Å². The third-order valence-electron chi connectivity index (χ3n) is 15.5. The first-order valence-electron chi connectivity index (χ1n) is 32.4. The molecule has 1 saturated heterocycles. The van der Waals surface area contributed by atoms with Gasteiger partial charge in [0.2, 0.25) is 82.7 Å². The second kappa shape index (κ2) is 42.3. The smallest absolute Gasteiger partial charge is 0.245 e. The summed E-state index contributed by atoms with van der Waals surface area (Å²) in [5.74, 6) is -15.1. The topological polar surface area (TPSA) is 633 Å². The number of carbonyl (C=O) groups excluding carboxylic acids is 14. The summed E-state index contributed by atoms with van der Waals surface area (Å²) in [4.78, 5) is 209. The van der Waals surface area contributed by atoms with Gasteiger partial charge in [-0.15, -0.1) is 11.8 Å². The van der Waals surface area contributed by atoms with Crippen LogP contribution in [0.25, 0.3) is 10.8 Å². The number of aliphatic hydroxyl groups is 2. The van der Waals surface area contributed by atoms with Crippen molar-refractivity contribution in [3.05, 3.63) is 66.2 Å². The van der Waals surface area contributed by atoms with Crippen molar-refractivity contribution in [2.45, 2.75) is 177 Å². The molecule has 0 saturated carbocycles. The number of nitrogens with two attached hydrogens (primary N) is 6. The molecule has 0 bridgehead atoms. The van der Waals surface area contributed by atoms with Crippen molar-refractivity contribution in [1.82, 2.24) is 73.8 Å². The SMILES string of the molecule is CC(=O)NCSC[C@@H]1NC(=O)[C@H]([C@@H](C)O)NC(=O)[C@H](NC(C)=O)CC(=O)NCCCC[C@@H](C(=O)NC(Cc2cnc[nH]2)C(N)=O)NC(=O)[C@@H](CCCN=C(N)N)NC(=O)[C@H](Cc2cccc3ccccc23)NC(=O)[C@H]([C@@H](C)O)NC(=O)[C@H](CCC(N)=O)NC(=O)[C@@H](CCCN=C(N)N)NC1=O. The molecule has 2 aromatic carbocycles. The lowest BCUT2D eigenvalue weighted by Crippen LogP contribution is -2.62. The summed E-state index contributed by atoms with van der Waals surface area (Å²) in [5.41, 5.74) is 34.5. The summed E-state index contributed by atoms with van der Waals surface area (Å²) in [5, 5.41) is 53.6. The van der Waals surface area contributed by atoms with Crippen molar-refractivity contribution in [2.75, 3.05) is 31.3 Å². The first-order valence-corrected chi connectivity index (χ1v) is 33.6. The zero-order valence-corrected chi connectivity index (χ0v) is 57.3. The van der Waals surface area contributed by atoms with Crippen LogP contribution in [0, 0.1) is 0 Å². The average Bonchev–Trinajstić information content (AvgIpc) is 0.844. The third kappa shape index (κ3) is 29.7. The predicted molar refractivity (Wildman–Crippen MR) is 368 cm³/mol. The number of aliphatic hydroxyl groups excluding tert-OH is 2. The maximum absolute atomic E-state index is 15.1. The molecule has 1 fully saturated rings. The number of aliphatic imine (C=N–C) groups is 2. The minimum atomic E-state index is -1.97. The predicted octanol–water partition coefficient (Wildman–Crippen LogP) is -7.65. The number of guanidine groups is 2. The molecule has 12 atom stereocenters. The molecule has 0 radical (unpaired) electrons. The zero-order chi connectivity index (χ0) is 74.9. The van der Waals surface area contributed by atoms with Gasteiger partial charge in [0.05, 0.1) is 30.8 Å². The van der Waals surface area contributed by atoms with Gasteiger partial charge in [0.15, 0.2) is 11.9 Å². The van der Waals surface area contributed by atoms with Crippen LogP contribution in [0.1, 0.15) is 103 Å². The van der Waals surface area contributed by atoms with Gasteiger partial charge in [-0.05, 0) is 81.5 Å². The van der Waals surface area contributed by atoms with Gasteiger partial charge in [0.25, 0.3) is 0 Å². The molecule has 1 aliphatic heterocycles. The first kappa shape index (κ1) is 82.7. The highest BCUT2D eigenvalue weighted by Gasteiger charge is 2.38. The fraction of sp³-hybridized carbons (Fsp3) is 0.532. The number of thioether (sulfide) groups is 1. The Balaban J connectivity index is 1.91. The van der Waals surface area contributed by atoms with Crippen molar-refractivity contribution in [3.63, 3.8) is 0 Å². The van der Waals surface area contributed by atoms with E-state index in [-0.39, 0.29) is 101 Å². The highest BCUT2D eigenvalue weighted by Crippen LogP contribution is 2.21. The number of rotatable bonds is 25. The number of amides is 14. The van der Waals surface area contributed by atoms with Crippen molar-refractivity contribution < 1.29 is 77.3 Å². The summed E-state index contributed by atoms with van der Waals surface area (Å²) < 4.78 is 0. The monoisotopic (exact) mass is 1430 g/mol. The number of hydrogen-bond donors (Lipinski definition) is 21. The Labute approximate surface area is 585 Å². The number of nitrogens with one attached hydrogen (secondary N) is 13. The highest BCUT2D eigenvalue weighted by molar-refractivity contribution is 7.99. The Morgan fingerprint density at radius 1 is 0.634 bits per heavy atom. The summed E-state index contributed by atoms with van der Waals surface area (Å²) in [6, 6.07) is -4.69. The van der Waals surface area contributed by atoms with Gasteiger partial charge >= 0.3 is 0 Å². The molecule has 1 aliphatic rings. The Morgan fingerprint density at radius 3 is 1.72 bits per heavy atom. The van der Waals surface area contributed by atoms with Gasteiger partial charge in [0, 0.05) is 70.4 Å². The van der Waals surface area contributed by atoms with Gasteiger partial charge in [-0.1, -0.05) is 42.5 Å². The number of hydrogen-bond acceptors (Lipinski definition) is 20. The van der Waals surface area contributed by atoms with Crippen LogP contribution in [0.3, 0.4) is 0 Å². The lowest BCUT2D eigenvalue weighted by Gasteiger charge is -2.29. The number of aromatic amines is 1. The molecule has 1 aromatic heterocycles. The number of aromatic nitrogens is 2. The molecule has 38 nitrogen and oxygen atoms in total. The van der Waals surface area contributed by atoms with E-state index in [0.717, 1.165) is 37.9 Å². The number of H-pyrrole nitrogens is 1. The molecular formula is C62H94N22O16S. The van der Waals surface area contributed by atoms with Crippen molar-refractivity contribution in [1.29, 1.82) is 0 Å². The van der Waals surface area contributed by atoms with E-state index >= 15 is 4.79 Å². The Bertz CT molecular complexity index is 3440.